The Balaban J connectivity index is 1.48. The van der Waals surface area contributed by atoms with Gasteiger partial charge < -0.3 is 5.32 Å². The van der Waals surface area contributed by atoms with Crippen LogP contribution < -0.4 is 10.5 Å². The molecule has 31 heavy (non-hydrogen) atoms. The van der Waals surface area contributed by atoms with Crippen molar-refractivity contribution in [2.75, 3.05) is 5.32 Å². The highest BCUT2D eigenvalue weighted by molar-refractivity contribution is 7.91. The number of halogens is 1. The molecule has 1 aliphatic heterocycles. The fraction of sp³-hybridized carbons (Fsp3) is 0.545. The standard InChI is InChI=1S/C22H28FN5O2S/c1-22(2)10-9-17-18(11-25-28(17)12-22)31(24,30)27-21(29)26-20-15-7-3-5-13(15)19(23)14-6-4-8-16(14)20/h11H,3-10,12H2,1-2H3,(H3,24,26,27,29,30)/t31-/m0/s1. The first-order valence-corrected chi connectivity index (χ1v) is 12.5. The molecule has 166 valence electrons. The SMILES string of the molecule is CC1(C)CCc2c([S@@](N)(=O)=NC(=O)Nc3c4c(c(F)c5c3CCC5)CCC4)cnn2C1. The maximum Gasteiger partial charge on any atom is 0.354 e. The number of benzene rings is 1. The van der Waals surface area contributed by atoms with Crippen LogP contribution in [-0.4, -0.2) is 20.0 Å². The molecule has 2 amide bonds. The first kappa shape index (κ1) is 20.6. The van der Waals surface area contributed by atoms with E-state index in [1.807, 2.05) is 4.68 Å². The van der Waals surface area contributed by atoms with Gasteiger partial charge in [-0.05, 0) is 79.0 Å². The molecule has 0 saturated heterocycles. The number of fused-ring (bicyclic) bond motifs is 3. The summed E-state index contributed by atoms with van der Waals surface area (Å²) >= 11 is 0. The molecule has 0 spiro atoms. The summed E-state index contributed by atoms with van der Waals surface area (Å²) in [5.41, 5.74) is 4.67. The summed E-state index contributed by atoms with van der Waals surface area (Å²) in [6.45, 7) is 5.03. The number of hydrogen-bond acceptors (Lipinski definition) is 3. The van der Waals surface area contributed by atoms with E-state index in [0.29, 0.717) is 47.5 Å². The minimum atomic E-state index is -3.45. The Hall–Kier alpha value is -2.26. The zero-order chi connectivity index (χ0) is 22.0. The van der Waals surface area contributed by atoms with Crippen molar-refractivity contribution < 1.29 is 13.4 Å². The summed E-state index contributed by atoms with van der Waals surface area (Å²) in [7, 11) is -3.45. The Morgan fingerprint density at radius 1 is 1.16 bits per heavy atom. The number of aromatic nitrogens is 2. The molecule has 0 saturated carbocycles. The maximum atomic E-state index is 14.9. The molecular weight excluding hydrogens is 417 g/mol. The number of amides is 2. The number of nitrogens with two attached hydrogens (primary N) is 1. The summed E-state index contributed by atoms with van der Waals surface area (Å²) in [6, 6.07) is -0.751. The number of carbonyl (C=O) groups excluding carboxylic acids is 1. The van der Waals surface area contributed by atoms with Gasteiger partial charge in [0.2, 0.25) is 0 Å². The van der Waals surface area contributed by atoms with Crippen molar-refractivity contribution in [3.05, 3.63) is 40.0 Å². The first-order valence-electron chi connectivity index (χ1n) is 10.9. The number of rotatable bonds is 2. The Labute approximate surface area is 181 Å². The lowest BCUT2D eigenvalue weighted by Gasteiger charge is -2.30. The predicted molar refractivity (Wildman–Crippen MR) is 117 cm³/mol. The maximum absolute atomic E-state index is 14.9. The van der Waals surface area contributed by atoms with E-state index in [4.69, 9.17) is 5.14 Å². The van der Waals surface area contributed by atoms with E-state index < -0.39 is 15.9 Å². The fourth-order valence-electron chi connectivity index (χ4n) is 5.31. The Morgan fingerprint density at radius 2 is 1.77 bits per heavy atom. The molecule has 2 aliphatic carbocycles. The Morgan fingerprint density at radius 3 is 2.42 bits per heavy atom. The molecule has 2 aromatic rings. The molecule has 1 atom stereocenters. The first-order chi connectivity index (χ1) is 14.7. The van der Waals surface area contributed by atoms with Crippen LogP contribution in [0.3, 0.4) is 0 Å². The number of hydrogen-bond donors (Lipinski definition) is 2. The van der Waals surface area contributed by atoms with Gasteiger partial charge in [-0.3, -0.25) is 4.68 Å². The van der Waals surface area contributed by atoms with E-state index in [0.717, 1.165) is 48.9 Å². The number of carbonyl (C=O) groups is 1. The van der Waals surface area contributed by atoms with Crippen LogP contribution in [0.4, 0.5) is 14.9 Å². The summed E-state index contributed by atoms with van der Waals surface area (Å²) in [6.07, 6.45) is 7.61. The third-order valence-corrected chi connectivity index (χ3v) is 8.27. The van der Waals surface area contributed by atoms with Gasteiger partial charge in [0, 0.05) is 12.2 Å². The normalized spacial score (nSPS) is 20.5. The fourth-order valence-corrected chi connectivity index (χ4v) is 6.44. The Bertz CT molecular complexity index is 1190. The van der Waals surface area contributed by atoms with Crippen LogP contribution in [0.25, 0.3) is 0 Å². The van der Waals surface area contributed by atoms with Gasteiger partial charge in [0.1, 0.15) is 20.6 Å². The second-order valence-electron chi connectivity index (χ2n) is 9.68. The van der Waals surface area contributed by atoms with E-state index in [1.165, 1.54) is 6.20 Å². The lowest BCUT2D eigenvalue weighted by atomic mass is 9.85. The largest absolute Gasteiger partial charge is 0.354 e. The minimum absolute atomic E-state index is 0.101. The van der Waals surface area contributed by atoms with E-state index in [9.17, 15) is 13.4 Å². The summed E-state index contributed by atoms with van der Waals surface area (Å²) in [5.74, 6) is -0.105. The second-order valence-corrected chi connectivity index (χ2v) is 11.4. The van der Waals surface area contributed by atoms with Gasteiger partial charge >= 0.3 is 6.03 Å². The number of nitrogens with zero attached hydrogens (tertiary/aromatic N) is 3. The number of nitrogens with one attached hydrogen (secondary N) is 1. The van der Waals surface area contributed by atoms with Crippen molar-refractivity contribution in [1.29, 1.82) is 0 Å². The smallest absolute Gasteiger partial charge is 0.305 e. The molecule has 1 aromatic carbocycles. The van der Waals surface area contributed by atoms with E-state index in [1.54, 1.807) is 0 Å². The van der Waals surface area contributed by atoms with E-state index in [-0.39, 0.29) is 11.2 Å². The molecule has 3 aliphatic rings. The lowest BCUT2D eigenvalue weighted by molar-refractivity contribution is 0.233. The van der Waals surface area contributed by atoms with Crippen molar-refractivity contribution in [3.63, 3.8) is 0 Å². The van der Waals surface area contributed by atoms with Gasteiger partial charge in [0.15, 0.2) is 0 Å². The molecule has 5 rings (SSSR count). The third-order valence-electron chi connectivity index (χ3n) is 6.86. The average molecular weight is 446 g/mol. The zero-order valence-corrected chi connectivity index (χ0v) is 18.8. The van der Waals surface area contributed by atoms with Crippen molar-refractivity contribution in [1.82, 2.24) is 9.78 Å². The van der Waals surface area contributed by atoms with E-state index in [2.05, 4.69) is 28.6 Å². The molecule has 0 unspecified atom stereocenters. The summed E-state index contributed by atoms with van der Waals surface area (Å²) in [5, 5.41) is 13.2. The molecular formula is C22H28FN5O2S. The summed E-state index contributed by atoms with van der Waals surface area (Å²) < 4.78 is 33.8. The van der Waals surface area contributed by atoms with Crippen LogP contribution >= 0.6 is 0 Å². The second kappa shape index (κ2) is 7.13. The average Bonchev–Trinajstić information content (AvgIpc) is 3.42. The van der Waals surface area contributed by atoms with Crippen molar-refractivity contribution in [3.8, 4) is 0 Å². The molecule has 0 radical (unpaired) electrons. The van der Waals surface area contributed by atoms with Crippen LogP contribution in [0.15, 0.2) is 15.5 Å². The van der Waals surface area contributed by atoms with Crippen LogP contribution in [0.5, 0.6) is 0 Å². The van der Waals surface area contributed by atoms with E-state index >= 15 is 0 Å². The van der Waals surface area contributed by atoms with Crippen molar-refractivity contribution in [2.24, 2.45) is 14.9 Å². The van der Waals surface area contributed by atoms with Gasteiger partial charge in [0.25, 0.3) is 0 Å². The van der Waals surface area contributed by atoms with Crippen molar-refractivity contribution >= 4 is 21.6 Å². The molecule has 0 fully saturated rings. The highest BCUT2D eigenvalue weighted by Gasteiger charge is 2.32. The Kier molecular flexibility index (Phi) is 4.75. The van der Waals surface area contributed by atoms with Crippen LogP contribution in [0.1, 0.15) is 61.1 Å². The predicted octanol–water partition coefficient (Wildman–Crippen LogP) is 3.90. The third kappa shape index (κ3) is 3.47. The molecule has 0 bridgehead atoms. The van der Waals surface area contributed by atoms with Gasteiger partial charge in [0.05, 0.1) is 11.9 Å². The molecule has 3 N–H and O–H groups in total. The van der Waals surface area contributed by atoms with Crippen LogP contribution in [-0.2, 0) is 48.6 Å². The van der Waals surface area contributed by atoms with Gasteiger partial charge in [-0.1, -0.05) is 13.8 Å². The molecule has 7 nitrogen and oxygen atoms in total. The number of urea groups is 1. The van der Waals surface area contributed by atoms with Crippen LogP contribution in [0, 0.1) is 11.2 Å². The highest BCUT2D eigenvalue weighted by atomic mass is 32.2. The van der Waals surface area contributed by atoms with Crippen molar-refractivity contribution in [2.45, 2.75) is 76.7 Å². The molecule has 9 heteroatoms. The lowest BCUT2D eigenvalue weighted by Crippen LogP contribution is -2.29. The van der Waals surface area contributed by atoms with Gasteiger partial charge in [-0.2, -0.15) is 5.10 Å². The highest BCUT2D eigenvalue weighted by Crippen LogP contribution is 2.41. The molecule has 1 aromatic heterocycles. The van der Waals surface area contributed by atoms with Gasteiger partial charge in [-0.25, -0.2) is 18.5 Å². The monoisotopic (exact) mass is 445 g/mol. The minimum Gasteiger partial charge on any atom is -0.305 e. The topological polar surface area (TPSA) is 102 Å². The quantitative estimate of drug-likeness (QED) is 0.733. The van der Waals surface area contributed by atoms with Crippen LogP contribution in [0.2, 0.25) is 0 Å². The van der Waals surface area contributed by atoms with Gasteiger partial charge in [-0.15, -0.1) is 4.36 Å². The number of anilines is 1. The summed E-state index contributed by atoms with van der Waals surface area (Å²) in [4.78, 5) is 13.1. The molecule has 2 heterocycles. The zero-order valence-electron chi connectivity index (χ0n) is 18.0.